The Balaban J connectivity index is 2.46. The van der Waals surface area contributed by atoms with Gasteiger partial charge >= 0.3 is 0 Å². The summed E-state index contributed by atoms with van der Waals surface area (Å²) in [5.74, 6) is 0. The molecule has 0 aliphatic heterocycles. The zero-order valence-electron chi connectivity index (χ0n) is 10.4. The van der Waals surface area contributed by atoms with Crippen molar-refractivity contribution >= 4 is 28.6 Å². The Labute approximate surface area is 112 Å². The highest BCUT2D eigenvalue weighted by atomic mass is 32.1. The summed E-state index contributed by atoms with van der Waals surface area (Å²) in [5.41, 5.74) is 10.3. The summed E-state index contributed by atoms with van der Waals surface area (Å²) in [4.78, 5) is 4.75. The molecule has 2 aromatic rings. The number of thiocarbonyl (C=S) groups is 1. The lowest BCUT2D eigenvalue weighted by Gasteiger charge is -2.14. The molecule has 3 nitrogen and oxygen atoms in total. The number of pyridine rings is 1. The van der Waals surface area contributed by atoms with Gasteiger partial charge in [-0.25, -0.2) is 0 Å². The smallest absolute Gasteiger partial charge is 0.107 e. The van der Waals surface area contributed by atoms with Gasteiger partial charge in [-0.3, -0.25) is 4.98 Å². The summed E-state index contributed by atoms with van der Waals surface area (Å²) in [7, 11) is 0. The summed E-state index contributed by atoms with van der Waals surface area (Å²) >= 11 is 5.09. The van der Waals surface area contributed by atoms with Gasteiger partial charge < -0.3 is 11.1 Å². The maximum Gasteiger partial charge on any atom is 0.107 e. The largest absolute Gasteiger partial charge is 0.389 e. The number of hydrogen-bond acceptors (Lipinski definition) is 3. The second kappa shape index (κ2) is 5.14. The average Bonchev–Trinajstić information content (AvgIpc) is 2.28. The maximum atomic E-state index is 5.77. The van der Waals surface area contributed by atoms with Gasteiger partial charge in [0.2, 0.25) is 0 Å². The Morgan fingerprint density at radius 1 is 1.22 bits per heavy atom. The minimum Gasteiger partial charge on any atom is -0.389 e. The lowest BCUT2D eigenvalue weighted by molar-refractivity contribution is 1.12. The van der Waals surface area contributed by atoms with Crippen LogP contribution < -0.4 is 11.1 Å². The Bertz CT molecular complexity index is 579. The number of anilines is 2. The number of nitrogens with zero attached hydrogens (tertiary/aromatic N) is 1. The van der Waals surface area contributed by atoms with Gasteiger partial charge in [-0.05, 0) is 32.0 Å². The van der Waals surface area contributed by atoms with Crippen molar-refractivity contribution in [1.82, 2.24) is 4.98 Å². The van der Waals surface area contributed by atoms with Gasteiger partial charge in [0.05, 0.1) is 11.3 Å². The van der Waals surface area contributed by atoms with Crippen LogP contribution in [0.25, 0.3) is 0 Å². The van der Waals surface area contributed by atoms with Crippen LogP contribution in [0, 0.1) is 13.8 Å². The van der Waals surface area contributed by atoms with Gasteiger partial charge in [0.1, 0.15) is 4.99 Å². The van der Waals surface area contributed by atoms with Crippen molar-refractivity contribution in [1.29, 1.82) is 0 Å². The highest BCUT2D eigenvalue weighted by Crippen LogP contribution is 2.23. The fourth-order valence-electron chi connectivity index (χ4n) is 1.92. The van der Waals surface area contributed by atoms with E-state index in [-0.39, 0.29) is 0 Å². The van der Waals surface area contributed by atoms with E-state index in [9.17, 15) is 0 Å². The van der Waals surface area contributed by atoms with E-state index in [2.05, 4.69) is 10.3 Å². The van der Waals surface area contributed by atoms with Gasteiger partial charge in [0.25, 0.3) is 0 Å². The molecule has 0 atom stereocenters. The van der Waals surface area contributed by atoms with E-state index < -0.39 is 0 Å². The van der Waals surface area contributed by atoms with Crippen molar-refractivity contribution in [2.24, 2.45) is 5.73 Å². The standard InChI is InChI=1S/C14H15N3S/c1-9-8-12(13(14(15)18)10(2)16-9)17-11-6-4-3-5-7-11/h3-8H,1-2H3,(H2,15,18)(H,16,17). The predicted molar refractivity (Wildman–Crippen MR) is 79.3 cm³/mol. The van der Waals surface area contributed by atoms with Crippen LogP contribution in [0.15, 0.2) is 36.4 Å². The van der Waals surface area contributed by atoms with Crippen LogP contribution in [-0.4, -0.2) is 9.97 Å². The number of aryl methyl sites for hydroxylation is 2. The first-order valence-corrected chi connectivity index (χ1v) is 6.09. The molecule has 1 aromatic carbocycles. The second-order valence-corrected chi connectivity index (χ2v) is 4.57. The van der Waals surface area contributed by atoms with Crippen molar-refractivity contribution in [3.8, 4) is 0 Å². The number of benzene rings is 1. The summed E-state index contributed by atoms with van der Waals surface area (Å²) in [6.45, 7) is 3.87. The molecule has 0 amide bonds. The number of aromatic nitrogens is 1. The van der Waals surface area contributed by atoms with E-state index in [1.54, 1.807) is 0 Å². The second-order valence-electron chi connectivity index (χ2n) is 4.13. The molecule has 3 N–H and O–H groups in total. The van der Waals surface area contributed by atoms with Crippen molar-refractivity contribution in [3.63, 3.8) is 0 Å². The van der Waals surface area contributed by atoms with E-state index in [0.29, 0.717) is 4.99 Å². The molecule has 0 aliphatic carbocycles. The molecule has 18 heavy (non-hydrogen) atoms. The minimum absolute atomic E-state index is 0.360. The quantitative estimate of drug-likeness (QED) is 0.830. The summed E-state index contributed by atoms with van der Waals surface area (Å²) < 4.78 is 0. The molecular formula is C14H15N3S. The van der Waals surface area contributed by atoms with Crippen LogP contribution in [0.5, 0.6) is 0 Å². The maximum absolute atomic E-state index is 5.77. The molecule has 92 valence electrons. The molecule has 0 fully saturated rings. The molecule has 0 radical (unpaired) electrons. The Morgan fingerprint density at radius 2 is 1.89 bits per heavy atom. The first-order valence-electron chi connectivity index (χ1n) is 5.68. The average molecular weight is 257 g/mol. The van der Waals surface area contributed by atoms with E-state index in [0.717, 1.165) is 28.3 Å². The molecule has 0 spiro atoms. The Hall–Kier alpha value is -1.94. The first kappa shape index (κ1) is 12.5. The number of hydrogen-bond donors (Lipinski definition) is 2. The third-order valence-corrected chi connectivity index (χ3v) is 2.83. The fraction of sp³-hybridized carbons (Fsp3) is 0.143. The molecule has 0 saturated heterocycles. The van der Waals surface area contributed by atoms with Gasteiger partial charge in [0, 0.05) is 17.1 Å². The SMILES string of the molecule is Cc1cc(Nc2ccccc2)c(C(N)=S)c(C)n1. The van der Waals surface area contributed by atoms with Crippen molar-refractivity contribution in [3.05, 3.63) is 53.3 Å². The highest BCUT2D eigenvalue weighted by Gasteiger charge is 2.11. The predicted octanol–water partition coefficient (Wildman–Crippen LogP) is 3.08. The Kier molecular flexibility index (Phi) is 3.58. The monoisotopic (exact) mass is 257 g/mol. The minimum atomic E-state index is 0.360. The highest BCUT2D eigenvalue weighted by molar-refractivity contribution is 7.80. The third-order valence-electron chi connectivity index (χ3n) is 2.63. The lowest BCUT2D eigenvalue weighted by atomic mass is 10.1. The molecule has 1 heterocycles. The molecule has 2 rings (SSSR count). The van der Waals surface area contributed by atoms with E-state index in [1.165, 1.54) is 0 Å². The molecule has 0 saturated carbocycles. The van der Waals surface area contributed by atoms with E-state index in [1.807, 2.05) is 50.2 Å². The number of para-hydroxylation sites is 1. The van der Waals surface area contributed by atoms with Crippen LogP contribution in [-0.2, 0) is 0 Å². The summed E-state index contributed by atoms with van der Waals surface area (Å²) in [5, 5.41) is 3.33. The zero-order valence-corrected chi connectivity index (χ0v) is 11.2. The normalized spacial score (nSPS) is 10.1. The number of rotatable bonds is 3. The molecule has 1 aromatic heterocycles. The fourth-order valence-corrected chi connectivity index (χ4v) is 2.17. The van der Waals surface area contributed by atoms with Gasteiger partial charge in [-0.2, -0.15) is 0 Å². The van der Waals surface area contributed by atoms with Crippen molar-refractivity contribution < 1.29 is 0 Å². The topological polar surface area (TPSA) is 50.9 Å². The van der Waals surface area contributed by atoms with Crippen molar-refractivity contribution in [2.75, 3.05) is 5.32 Å². The van der Waals surface area contributed by atoms with Gasteiger partial charge in [-0.1, -0.05) is 30.4 Å². The number of nitrogens with one attached hydrogen (secondary N) is 1. The molecule has 4 heteroatoms. The van der Waals surface area contributed by atoms with Gasteiger partial charge in [0.15, 0.2) is 0 Å². The van der Waals surface area contributed by atoms with Gasteiger partial charge in [-0.15, -0.1) is 0 Å². The first-order chi connectivity index (χ1) is 8.58. The zero-order chi connectivity index (χ0) is 13.1. The summed E-state index contributed by atoms with van der Waals surface area (Å²) in [6.07, 6.45) is 0. The van der Waals surface area contributed by atoms with Crippen LogP contribution in [0.3, 0.4) is 0 Å². The van der Waals surface area contributed by atoms with Crippen LogP contribution in [0.1, 0.15) is 17.0 Å². The molecular weight excluding hydrogens is 242 g/mol. The molecule has 0 unspecified atom stereocenters. The number of nitrogens with two attached hydrogens (primary N) is 1. The third kappa shape index (κ3) is 2.65. The van der Waals surface area contributed by atoms with Crippen LogP contribution in [0.2, 0.25) is 0 Å². The van der Waals surface area contributed by atoms with E-state index >= 15 is 0 Å². The van der Waals surface area contributed by atoms with Crippen LogP contribution in [0.4, 0.5) is 11.4 Å². The lowest BCUT2D eigenvalue weighted by Crippen LogP contribution is -2.15. The molecule has 0 aliphatic rings. The summed E-state index contributed by atoms with van der Waals surface area (Å²) in [6, 6.07) is 11.9. The van der Waals surface area contributed by atoms with Crippen molar-refractivity contribution in [2.45, 2.75) is 13.8 Å². The Morgan fingerprint density at radius 3 is 2.50 bits per heavy atom. The van der Waals surface area contributed by atoms with Crippen LogP contribution >= 0.6 is 12.2 Å². The van der Waals surface area contributed by atoms with E-state index in [4.69, 9.17) is 18.0 Å². The molecule has 0 bridgehead atoms.